The number of fused-ring (bicyclic) bond motifs is 1. The molecule has 1 aliphatic heterocycles. The molecule has 2 fully saturated rings. The van der Waals surface area contributed by atoms with Crippen LogP contribution in [0.3, 0.4) is 0 Å². The lowest BCUT2D eigenvalue weighted by molar-refractivity contribution is -0.128. The van der Waals surface area contributed by atoms with Crippen molar-refractivity contribution in [1.29, 1.82) is 0 Å². The maximum Gasteiger partial charge on any atom is 0.267 e. The maximum atomic E-state index is 12.4. The number of hydrogen-bond acceptors (Lipinski definition) is 5. The summed E-state index contributed by atoms with van der Waals surface area (Å²) in [5, 5.41) is 18.8. The number of β-amino-alcohol motifs (C(OH)–C–C–N with tert-alkyl or cyclic N) is 1. The molecule has 0 aromatic carbocycles. The Labute approximate surface area is 159 Å². The Bertz CT molecular complexity index is 769. The Morgan fingerprint density at radius 2 is 2.11 bits per heavy atom. The van der Waals surface area contributed by atoms with Gasteiger partial charge in [0.05, 0.1) is 23.9 Å². The van der Waals surface area contributed by atoms with E-state index in [1.807, 2.05) is 0 Å². The molecule has 2 aliphatic carbocycles. The number of rotatable bonds is 4. The van der Waals surface area contributed by atoms with E-state index in [0.717, 1.165) is 56.2 Å². The van der Waals surface area contributed by atoms with Gasteiger partial charge in [-0.05, 0) is 56.9 Å². The molecule has 148 valence electrons. The smallest absolute Gasteiger partial charge is 0.267 e. The van der Waals surface area contributed by atoms with E-state index in [9.17, 15) is 14.7 Å². The molecule has 2 N–H and O–H groups in total. The first-order chi connectivity index (χ1) is 12.9. The van der Waals surface area contributed by atoms with Crippen LogP contribution < -0.4 is 10.9 Å². The van der Waals surface area contributed by atoms with Crippen LogP contribution in [0.5, 0.6) is 0 Å². The quantitative estimate of drug-likeness (QED) is 0.814. The SMILES string of the molecule is CC(=O)N1CCC(O)(CNC2CCC(n3nc4c(cc3=O)CCC4)CC2)C1. The molecule has 1 atom stereocenters. The molecule has 2 heterocycles. The van der Waals surface area contributed by atoms with Crippen molar-refractivity contribution in [2.45, 2.75) is 76.0 Å². The summed E-state index contributed by atoms with van der Waals surface area (Å²) in [6.07, 6.45) is 7.52. The van der Waals surface area contributed by atoms with Crippen LogP contribution in [-0.2, 0) is 17.6 Å². The molecular weight excluding hydrogens is 344 g/mol. The number of amides is 1. The van der Waals surface area contributed by atoms with E-state index in [4.69, 9.17) is 0 Å². The Hall–Kier alpha value is -1.73. The molecule has 0 radical (unpaired) electrons. The van der Waals surface area contributed by atoms with Crippen LogP contribution in [0.25, 0.3) is 0 Å². The number of likely N-dealkylation sites (tertiary alicyclic amines) is 1. The topological polar surface area (TPSA) is 87.5 Å². The summed E-state index contributed by atoms with van der Waals surface area (Å²) in [6, 6.07) is 2.32. The summed E-state index contributed by atoms with van der Waals surface area (Å²) in [5.41, 5.74) is 1.46. The minimum absolute atomic E-state index is 0.0266. The van der Waals surface area contributed by atoms with Gasteiger partial charge in [0.1, 0.15) is 0 Å². The molecular formula is C20H30N4O3. The van der Waals surface area contributed by atoms with Gasteiger partial charge >= 0.3 is 0 Å². The van der Waals surface area contributed by atoms with Crippen molar-refractivity contribution in [1.82, 2.24) is 20.0 Å². The zero-order valence-electron chi connectivity index (χ0n) is 16.1. The van der Waals surface area contributed by atoms with E-state index in [0.29, 0.717) is 32.1 Å². The number of aliphatic hydroxyl groups is 1. The highest BCUT2D eigenvalue weighted by Gasteiger charge is 2.37. The molecule has 7 heteroatoms. The zero-order valence-corrected chi connectivity index (χ0v) is 16.1. The predicted molar refractivity (Wildman–Crippen MR) is 102 cm³/mol. The van der Waals surface area contributed by atoms with Crippen LogP contribution >= 0.6 is 0 Å². The normalized spacial score (nSPS) is 30.5. The average molecular weight is 374 g/mol. The van der Waals surface area contributed by atoms with E-state index in [1.165, 1.54) is 0 Å². The van der Waals surface area contributed by atoms with Crippen molar-refractivity contribution in [3.8, 4) is 0 Å². The highest BCUT2D eigenvalue weighted by molar-refractivity contribution is 5.73. The van der Waals surface area contributed by atoms with Crippen molar-refractivity contribution in [3.05, 3.63) is 27.7 Å². The fourth-order valence-electron chi connectivity index (χ4n) is 4.81. The third-order valence-corrected chi connectivity index (χ3v) is 6.52. The second-order valence-corrected chi connectivity index (χ2v) is 8.55. The van der Waals surface area contributed by atoms with E-state index in [1.54, 1.807) is 22.6 Å². The van der Waals surface area contributed by atoms with Gasteiger partial charge in [0.25, 0.3) is 5.56 Å². The van der Waals surface area contributed by atoms with Gasteiger partial charge in [-0.15, -0.1) is 0 Å². The second-order valence-electron chi connectivity index (χ2n) is 8.55. The highest BCUT2D eigenvalue weighted by Crippen LogP contribution is 2.29. The lowest BCUT2D eigenvalue weighted by atomic mass is 9.90. The first-order valence-corrected chi connectivity index (χ1v) is 10.3. The van der Waals surface area contributed by atoms with Gasteiger partial charge in [0.2, 0.25) is 5.91 Å². The summed E-state index contributed by atoms with van der Waals surface area (Å²) >= 11 is 0. The van der Waals surface area contributed by atoms with E-state index in [-0.39, 0.29) is 17.5 Å². The fourth-order valence-corrected chi connectivity index (χ4v) is 4.81. The number of carbonyl (C=O) groups excluding carboxylic acids is 1. The van der Waals surface area contributed by atoms with Gasteiger partial charge in [-0.1, -0.05) is 0 Å². The molecule has 0 spiro atoms. The van der Waals surface area contributed by atoms with Crippen molar-refractivity contribution in [2.75, 3.05) is 19.6 Å². The third kappa shape index (κ3) is 3.94. The van der Waals surface area contributed by atoms with E-state index >= 15 is 0 Å². The van der Waals surface area contributed by atoms with Crippen LogP contribution in [0.4, 0.5) is 0 Å². The van der Waals surface area contributed by atoms with Gasteiger partial charge in [0, 0.05) is 32.1 Å². The Morgan fingerprint density at radius 3 is 2.81 bits per heavy atom. The molecule has 3 aliphatic rings. The largest absolute Gasteiger partial charge is 0.387 e. The Balaban J connectivity index is 1.30. The molecule has 1 saturated heterocycles. The molecule has 1 aromatic heterocycles. The molecule has 4 rings (SSSR count). The lowest BCUT2D eigenvalue weighted by Crippen LogP contribution is -2.47. The number of aryl methyl sites for hydroxylation is 2. The first kappa shape index (κ1) is 18.6. The first-order valence-electron chi connectivity index (χ1n) is 10.3. The van der Waals surface area contributed by atoms with Gasteiger partial charge in [-0.2, -0.15) is 5.10 Å². The number of nitrogens with one attached hydrogen (secondary N) is 1. The van der Waals surface area contributed by atoms with Crippen molar-refractivity contribution in [2.24, 2.45) is 0 Å². The second kappa shape index (κ2) is 7.36. The molecule has 0 bridgehead atoms. The molecule has 1 amide bonds. The lowest BCUT2D eigenvalue weighted by Gasteiger charge is -2.32. The van der Waals surface area contributed by atoms with Crippen LogP contribution in [0, 0.1) is 0 Å². The monoisotopic (exact) mass is 374 g/mol. The Kier molecular flexibility index (Phi) is 5.07. The zero-order chi connectivity index (χ0) is 19.0. The number of carbonyl (C=O) groups is 1. The summed E-state index contributed by atoms with van der Waals surface area (Å²) in [5.74, 6) is 0.0266. The van der Waals surface area contributed by atoms with Gasteiger partial charge in [-0.25, -0.2) is 4.68 Å². The standard InChI is InChI=1S/C20H30N4O3/c1-14(25)23-10-9-20(27,13-23)12-21-16-5-7-17(8-6-16)24-19(26)11-15-3-2-4-18(15)22-24/h11,16-17,21,27H,2-10,12-13H2,1H3. The fraction of sp³-hybridized carbons (Fsp3) is 0.750. The summed E-state index contributed by atoms with van der Waals surface area (Å²) in [7, 11) is 0. The number of hydrogen-bond donors (Lipinski definition) is 2. The summed E-state index contributed by atoms with van der Waals surface area (Å²) < 4.78 is 1.72. The van der Waals surface area contributed by atoms with Crippen LogP contribution in [0.15, 0.2) is 10.9 Å². The van der Waals surface area contributed by atoms with Crippen LogP contribution in [0.1, 0.15) is 62.7 Å². The molecule has 1 saturated carbocycles. The van der Waals surface area contributed by atoms with Gasteiger partial charge in [-0.3, -0.25) is 9.59 Å². The van der Waals surface area contributed by atoms with Crippen LogP contribution in [-0.4, -0.2) is 57.0 Å². The van der Waals surface area contributed by atoms with Crippen molar-refractivity contribution >= 4 is 5.91 Å². The molecule has 1 unspecified atom stereocenters. The van der Waals surface area contributed by atoms with E-state index < -0.39 is 5.60 Å². The van der Waals surface area contributed by atoms with Crippen molar-refractivity contribution in [3.63, 3.8) is 0 Å². The number of aromatic nitrogens is 2. The third-order valence-electron chi connectivity index (χ3n) is 6.52. The number of nitrogens with zero attached hydrogens (tertiary/aromatic N) is 3. The van der Waals surface area contributed by atoms with Crippen molar-refractivity contribution < 1.29 is 9.90 Å². The van der Waals surface area contributed by atoms with Gasteiger partial charge in [0.15, 0.2) is 0 Å². The highest BCUT2D eigenvalue weighted by atomic mass is 16.3. The van der Waals surface area contributed by atoms with E-state index in [2.05, 4.69) is 10.4 Å². The predicted octanol–water partition coefficient (Wildman–Crippen LogP) is 0.789. The summed E-state index contributed by atoms with van der Waals surface area (Å²) in [6.45, 7) is 3.12. The maximum absolute atomic E-state index is 12.4. The minimum atomic E-state index is -0.818. The van der Waals surface area contributed by atoms with Crippen LogP contribution in [0.2, 0.25) is 0 Å². The Morgan fingerprint density at radius 1 is 1.33 bits per heavy atom. The van der Waals surface area contributed by atoms with Gasteiger partial charge < -0.3 is 15.3 Å². The molecule has 27 heavy (non-hydrogen) atoms. The minimum Gasteiger partial charge on any atom is -0.387 e. The molecule has 1 aromatic rings. The molecule has 7 nitrogen and oxygen atoms in total. The summed E-state index contributed by atoms with van der Waals surface area (Å²) in [4.78, 5) is 25.6. The average Bonchev–Trinajstić information content (AvgIpc) is 3.26.